The van der Waals surface area contributed by atoms with Gasteiger partial charge in [0.25, 0.3) is 0 Å². The summed E-state index contributed by atoms with van der Waals surface area (Å²) in [7, 11) is 0. The molecule has 0 unspecified atom stereocenters. The standard InChI is InChI=1S/C15H25N3O/c1-3-9-17(13-15-7-2-4-11-19-15)14(6-1)12-18-10-5-8-16-18/h5,8,10,14-15H,1-4,6-7,9,11-13H2/t14-,15-/m0/s1. The van der Waals surface area contributed by atoms with E-state index in [1.807, 2.05) is 12.3 Å². The van der Waals surface area contributed by atoms with E-state index in [2.05, 4.69) is 20.9 Å². The highest BCUT2D eigenvalue weighted by Gasteiger charge is 2.26. The minimum Gasteiger partial charge on any atom is -0.377 e. The molecule has 0 N–H and O–H groups in total. The minimum atomic E-state index is 0.465. The predicted molar refractivity (Wildman–Crippen MR) is 75.0 cm³/mol. The molecule has 0 aliphatic carbocycles. The molecule has 4 heteroatoms. The first-order valence-electron chi connectivity index (χ1n) is 7.75. The number of nitrogens with zero attached hydrogens (tertiary/aromatic N) is 3. The fourth-order valence-corrected chi connectivity index (χ4v) is 3.34. The molecule has 0 spiro atoms. The molecule has 1 aromatic heterocycles. The van der Waals surface area contributed by atoms with Crippen LogP contribution in [0.3, 0.4) is 0 Å². The van der Waals surface area contributed by atoms with E-state index in [4.69, 9.17) is 4.74 Å². The first kappa shape index (κ1) is 13.1. The van der Waals surface area contributed by atoms with Crippen molar-refractivity contribution >= 4 is 0 Å². The van der Waals surface area contributed by atoms with Gasteiger partial charge in [0.05, 0.1) is 12.6 Å². The molecule has 0 bridgehead atoms. The van der Waals surface area contributed by atoms with Gasteiger partial charge in [-0.05, 0) is 44.7 Å². The van der Waals surface area contributed by atoms with E-state index in [1.54, 1.807) is 0 Å². The Morgan fingerprint density at radius 1 is 1.11 bits per heavy atom. The maximum Gasteiger partial charge on any atom is 0.0702 e. The van der Waals surface area contributed by atoms with Gasteiger partial charge in [-0.2, -0.15) is 5.10 Å². The minimum absolute atomic E-state index is 0.465. The Bertz CT molecular complexity index is 359. The second-order valence-electron chi connectivity index (χ2n) is 5.86. The summed E-state index contributed by atoms with van der Waals surface area (Å²) in [6.07, 6.45) is 12.2. The fraction of sp³-hybridized carbons (Fsp3) is 0.800. The van der Waals surface area contributed by atoms with Crippen molar-refractivity contribution in [2.75, 3.05) is 19.7 Å². The molecule has 3 rings (SSSR count). The van der Waals surface area contributed by atoms with E-state index in [9.17, 15) is 0 Å². The van der Waals surface area contributed by atoms with Crippen molar-refractivity contribution in [2.45, 2.75) is 57.2 Å². The zero-order chi connectivity index (χ0) is 12.9. The molecule has 0 aromatic carbocycles. The highest BCUT2D eigenvalue weighted by molar-refractivity contribution is 4.84. The van der Waals surface area contributed by atoms with Crippen LogP contribution in [-0.2, 0) is 11.3 Å². The summed E-state index contributed by atoms with van der Waals surface area (Å²) in [6, 6.07) is 2.65. The van der Waals surface area contributed by atoms with Gasteiger partial charge in [-0.15, -0.1) is 0 Å². The van der Waals surface area contributed by atoms with E-state index in [0.717, 1.165) is 19.7 Å². The summed E-state index contributed by atoms with van der Waals surface area (Å²) in [6.45, 7) is 4.33. The van der Waals surface area contributed by atoms with E-state index in [-0.39, 0.29) is 0 Å². The molecule has 4 nitrogen and oxygen atoms in total. The molecule has 2 fully saturated rings. The quantitative estimate of drug-likeness (QED) is 0.835. The second-order valence-corrected chi connectivity index (χ2v) is 5.86. The van der Waals surface area contributed by atoms with Crippen LogP contribution in [0.1, 0.15) is 38.5 Å². The molecule has 0 amide bonds. The Kier molecular flexibility index (Phi) is 4.51. The Morgan fingerprint density at radius 3 is 2.84 bits per heavy atom. The van der Waals surface area contributed by atoms with Crippen LogP contribution in [0.25, 0.3) is 0 Å². The smallest absolute Gasteiger partial charge is 0.0702 e. The zero-order valence-corrected chi connectivity index (χ0v) is 11.7. The van der Waals surface area contributed by atoms with Crippen LogP contribution in [0.2, 0.25) is 0 Å². The summed E-state index contributed by atoms with van der Waals surface area (Å²) in [5.74, 6) is 0. The number of ether oxygens (including phenoxy) is 1. The lowest BCUT2D eigenvalue weighted by Gasteiger charge is -2.38. The number of piperidine rings is 1. The molecular formula is C15H25N3O. The molecule has 1 aromatic rings. The summed E-state index contributed by atoms with van der Waals surface area (Å²) >= 11 is 0. The molecular weight excluding hydrogens is 238 g/mol. The van der Waals surface area contributed by atoms with Gasteiger partial charge in [-0.3, -0.25) is 9.58 Å². The van der Waals surface area contributed by atoms with Crippen LogP contribution in [-0.4, -0.2) is 46.5 Å². The SMILES string of the molecule is c1cnn(C[C@@H]2CCCCN2C[C@@H]2CCCCO2)c1. The average molecular weight is 263 g/mol. The summed E-state index contributed by atoms with van der Waals surface area (Å²) in [5.41, 5.74) is 0. The fourth-order valence-electron chi connectivity index (χ4n) is 3.34. The Morgan fingerprint density at radius 2 is 2.05 bits per heavy atom. The van der Waals surface area contributed by atoms with Crippen LogP contribution in [0.15, 0.2) is 18.5 Å². The highest BCUT2D eigenvalue weighted by atomic mass is 16.5. The van der Waals surface area contributed by atoms with Crippen LogP contribution < -0.4 is 0 Å². The van der Waals surface area contributed by atoms with Crippen LogP contribution in [0, 0.1) is 0 Å². The van der Waals surface area contributed by atoms with E-state index in [0.29, 0.717) is 12.1 Å². The van der Waals surface area contributed by atoms with Gasteiger partial charge in [0.2, 0.25) is 0 Å². The monoisotopic (exact) mass is 263 g/mol. The lowest BCUT2D eigenvalue weighted by atomic mass is 10.00. The van der Waals surface area contributed by atoms with E-state index in [1.165, 1.54) is 45.1 Å². The third kappa shape index (κ3) is 3.57. The van der Waals surface area contributed by atoms with Crippen LogP contribution in [0.4, 0.5) is 0 Å². The summed E-state index contributed by atoms with van der Waals surface area (Å²) < 4.78 is 7.97. The van der Waals surface area contributed by atoms with Gasteiger partial charge in [0, 0.05) is 31.6 Å². The number of hydrogen-bond donors (Lipinski definition) is 0. The summed E-state index contributed by atoms with van der Waals surface area (Å²) in [4.78, 5) is 2.64. The number of likely N-dealkylation sites (tertiary alicyclic amines) is 1. The first-order valence-corrected chi connectivity index (χ1v) is 7.75. The average Bonchev–Trinajstić information content (AvgIpc) is 2.95. The van der Waals surface area contributed by atoms with Gasteiger partial charge in [-0.1, -0.05) is 6.42 Å². The van der Waals surface area contributed by atoms with Crippen molar-refractivity contribution in [3.8, 4) is 0 Å². The number of rotatable bonds is 4. The molecule has 2 aliphatic heterocycles. The lowest BCUT2D eigenvalue weighted by Crippen LogP contribution is -2.46. The molecule has 0 saturated carbocycles. The van der Waals surface area contributed by atoms with Gasteiger partial charge >= 0.3 is 0 Å². The molecule has 2 aliphatic rings. The van der Waals surface area contributed by atoms with Gasteiger partial charge in [0.15, 0.2) is 0 Å². The van der Waals surface area contributed by atoms with Crippen molar-refractivity contribution in [3.05, 3.63) is 18.5 Å². The highest BCUT2D eigenvalue weighted by Crippen LogP contribution is 2.21. The van der Waals surface area contributed by atoms with Crippen LogP contribution in [0.5, 0.6) is 0 Å². The summed E-state index contributed by atoms with van der Waals surface area (Å²) in [5, 5.41) is 4.35. The Hall–Kier alpha value is -0.870. The Balaban J connectivity index is 1.56. The van der Waals surface area contributed by atoms with Crippen molar-refractivity contribution in [1.29, 1.82) is 0 Å². The molecule has 19 heavy (non-hydrogen) atoms. The maximum atomic E-state index is 5.90. The van der Waals surface area contributed by atoms with E-state index >= 15 is 0 Å². The number of hydrogen-bond acceptors (Lipinski definition) is 3. The second kappa shape index (κ2) is 6.53. The van der Waals surface area contributed by atoms with Gasteiger partial charge in [-0.25, -0.2) is 0 Å². The first-order chi connectivity index (χ1) is 9.42. The van der Waals surface area contributed by atoms with Crippen molar-refractivity contribution in [1.82, 2.24) is 14.7 Å². The van der Waals surface area contributed by atoms with Gasteiger partial charge in [0.1, 0.15) is 0 Å². The van der Waals surface area contributed by atoms with Crippen LogP contribution >= 0.6 is 0 Å². The maximum absolute atomic E-state index is 5.90. The zero-order valence-electron chi connectivity index (χ0n) is 11.7. The third-order valence-corrected chi connectivity index (χ3v) is 4.42. The lowest BCUT2D eigenvalue weighted by molar-refractivity contribution is -0.0215. The van der Waals surface area contributed by atoms with Crippen molar-refractivity contribution < 1.29 is 4.74 Å². The molecule has 3 heterocycles. The topological polar surface area (TPSA) is 30.3 Å². The van der Waals surface area contributed by atoms with Crippen molar-refractivity contribution in [2.24, 2.45) is 0 Å². The molecule has 0 radical (unpaired) electrons. The number of aromatic nitrogens is 2. The van der Waals surface area contributed by atoms with Gasteiger partial charge < -0.3 is 4.74 Å². The molecule has 2 atom stereocenters. The van der Waals surface area contributed by atoms with Crippen molar-refractivity contribution in [3.63, 3.8) is 0 Å². The largest absolute Gasteiger partial charge is 0.377 e. The predicted octanol–water partition coefficient (Wildman–Crippen LogP) is 2.31. The Labute approximate surface area is 115 Å². The normalized spacial score (nSPS) is 29.5. The third-order valence-electron chi connectivity index (χ3n) is 4.42. The molecule has 2 saturated heterocycles. The van der Waals surface area contributed by atoms with E-state index < -0.39 is 0 Å². The molecule has 106 valence electrons.